The van der Waals surface area contributed by atoms with Gasteiger partial charge in [0.15, 0.2) is 18.4 Å². The van der Waals surface area contributed by atoms with E-state index >= 15 is 0 Å². The number of carbonyl (C=O) groups excluding carboxylic acids is 2. The topological polar surface area (TPSA) is 287 Å². The Bertz CT molecular complexity index is 880. The lowest BCUT2D eigenvalue weighted by molar-refractivity contribution is -0.0886. The van der Waals surface area contributed by atoms with Gasteiger partial charge in [-0.3, -0.25) is 25.5 Å². The molecule has 36 heavy (non-hydrogen) atoms. The number of hydrogen-bond acceptors (Lipinski definition) is 14. The number of rotatable bonds is 4. The summed E-state index contributed by atoms with van der Waals surface area (Å²) in [5, 5.41) is 67.4. The number of hydrogen-bond donors (Lipinski definition) is 10. The number of urea groups is 2. The minimum absolute atomic E-state index is 0.0528. The lowest BCUT2D eigenvalue weighted by Gasteiger charge is -2.38. The molecule has 4 aliphatic rings. The van der Waals surface area contributed by atoms with Crippen LogP contribution in [0.1, 0.15) is 0 Å². The summed E-state index contributed by atoms with van der Waals surface area (Å²) in [5.74, 6) is 5.28. The van der Waals surface area contributed by atoms with Crippen LogP contribution in [0, 0.1) is 5.41 Å². The minimum atomic E-state index is -1.35. The monoisotopic (exact) mass is 521 g/mol. The first kappa shape index (κ1) is 27.7. The number of ether oxygens (including phenoxy) is 2. The van der Waals surface area contributed by atoms with E-state index in [1.54, 1.807) is 7.05 Å². The molecule has 4 amide bonds. The molecule has 19 heteroatoms. The maximum absolute atomic E-state index is 11.7. The van der Waals surface area contributed by atoms with Gasteiger partial charge in [0.25, 0.3) is 0 Å². The summed E-state index contributed by atoms with van der Waals surface area (Å²) in [7, 11) is 1.59. The van der Waals surface area contributed by atoms with Gasteiger partial charge < -0.3 is 50.7 Å². The molecule has 0 spiro atoms. The van der Waals surface area contributed by atoms with Gasteiger partial charge >= 0.3 is 12.1 Å². The summed E-state index contributed by atoms with van der Waals surface area (Å²) in [4.78, 5) is 30.4. The highest BCUT2D eigenvalue weighted by Crippen LogP contribution is 2.26. The van der Waals surface area contributed by atoms with E-state index in [4.69, 9.17) is 36.7 Å². The minimum Gasteiger partial charge on any atom is -0.394 e. The molecule has 0 aromatic carbocycles. The van der Waals surface area contributed by atoms with Gasteiger partial charge in [0.05, 0.1) is 19.9 Å². The zero-order valence-corrected chi connectivity index (χ0v) is 19.2. The van der Waals surface area contributed by atoms with Gasteiger partial charge in [0, 0.05) is 7.05 Å². The van der Waals surface area contributed by atoms with Crippen LogP contribution in [0.4, 0.5) is 9.59 Å². The van der Waals surface area contributed by atoms with E-state index < -0.39 is 74.4 Å². The molecule has 0 radical (unpaired) electrons. The van der Waals surface area contributed by atoms with Crippen molar-refractivity contribution in [3.8, 4) is 0 Å². The van der Waals surface area contributed by atoms with E-state index in [0.29, 0.717) is 0 Å². The average molecular weight is 521 g/mol. The largest absolute Gasteiger partial charge is 0.394 e. The van der Waals surface area contributed by atoms with Crippen LogP contribution in [0.5, 0.6) is 0 Å². The van der Waals surface area contributed by atoms with Crippen molar-refractivity contribution in [1.29, 1.82) is 5.41 Å². The number of aliphatic imine (C=N–C) groups is 1. The number of guanidine groups is 2. The summed E-state index contributed by atoms with van der Waals surface area (Å²) in [6.45, 7) is -1.01. The van der Waals surface area contributed by atoms with Crippen molar-refractivity contribution in [3.63, 3.8) is 0 Å². The van der Waals surface area contributed by atoms with E-state index in [-0.39, 0.29) is 25.3 Å². The normalized spacial score (nSPS) is 37.1. The second kappa shape index (κ2) is 11.0. The molecule has 204 valence electrons. The van der Waals surface area contributed by atoms with E-state index in [0.717, 1.165) is 14.8 Å². The maximum atomic E-state index is 11.7. The van der Waals surface area contributed by atoms with Crippen LogP contribution in [-0.4, -0.2) is 157 Å². The van der Waals surface area contributed by atoms with Crippen molar-refractivity contribution < 1.29 is 49.7 Å². The molecule has 0 aromatic heterocycles. The van der Waals surface area contributed by atoms with Crippen LogP contribution in [0.3, 0.4) is 0 Å². The molecule has 0 bridgehead atoms. The number of hydrazine groups is 1. The standard InChI is InChI=1S/C9H16N4O5.C8H15N5O5/c1-12-3-13(9(17)11-8(12)10)7-6(16)5(15)4(2-14)18-7;9-7-11-8(17)12(2-13(7)10)6-5(16)4(15)3(1-14)18-6/h4-7,14-16H,2-3H2,1H3,(H2,10,11,17);3-6,14-16H,1-2,10H2,(H2,9,11,17)/t4-,5-,6-,7-;3-,4-,5-,6-/m11/s1. The molecular weight excluding hydrogens is 490 g/mol. The Morgan fingerprint density at radius 1 is 0.972 bits per heavy atom. The fourth-order valence-electron chi connectivity index (χ4n) is 3.82. The lowest BCUT2D eigenvalue weighted by atomic mass is 10.1. The third-order valence-electron chi connectivity index (χ3n) is 5.94. The quantitative estimate of drug-likeness (QED) is 0.154. The Hall–Kier alpha value is -2.88. The molecule has 0 saturated carbocycles. The van der Waals surface area contributed by atoms with Gasteiger partial charge in [-0.15, -0.1) is 0 Å². The molecule has 3 fully saturated rings. The number of aliphatic hydroxyl groups excluding tert-OH is 6. The smallest absolute Gasteiger partial charge is 0.350 e. The number of nitrogens with two attached hydrogens (primary N) is 2. The van der Waals surface area contributed by atoms with Gasteiger partial charge in [-0.05, 0) is 0 Å². The van der Waals surface area contributed by atoms with E-state index in [1.165, 1.54) is 4.90 Å². The van der Waals surface area contributed by atoms with Crippen molar-refractivity contribution in [2.75, 3.05) is 33.6 Å². The van der Waals surface area contributed by atoms with Crippen molar-refractivity contribution in [1.82, 2.24) is 25.0 Å². The Balaban J connectivity index is 0.000000201. The average Bonchev–Trinajstić information content (AvgIpc) is 3.29. The molecule has 19 nitrogen and oxygen atoms in total. The molecule has 8 atom stereocenters. The van der Waals surface area contributed by atoms with Crippen LogP contribution in [0.15, 0.2) is 4.99 Å². The third-order valence-corrected chi connectivity index (χ3v) is 5.94. The third kappa shape index (κ3) is 5.28. The number of nitrogens with one attached hydrogen (secondary N) is 2. The molecule has 4 rings (SSSR count). The van der Waals surface area contributed by atoms with Crippen LogP contribution in [0.25, 0.3) is 0 Å². The van der Waals surface area contributed by atoms with Crippen molar-refractivity contribution >= 4 is 24.0 Å². The zero-order valence-electron chi connectivity index (χ0n) is 19.2. The Labute approximate surface area is 204 Å². The van der Waals surface area contributed by atoms with Gasteiger partial charge in [0.2, 0.25) is 5.96 Å². The molecule has 0 aliphatic carbocycles. The Morgan fingerprint density at radius 2 is 1.47 bits per heavy atom. The lowest BCUT2D eigenvalue weighted by Crippen LogP contribution is -2.62. The first-order valence-electron chi connectivity index (χ1n) is 10.7. The number of amides is 4. The molecule has 0 aromatic rings. The fraction of sp³-hybridized carbons (Fsp3) is 0.765. The van der Waals surface area contributed by atoms with Crippen LogP contribution in [-0.2, 0) is 9.47 Å². The van der Waals surface area contributed by atoms with Crippen molar-refractivity contribution in [2.45, 2.75) is 49.1 Å². The van der Waals surface area contributed by atoms with E-state index in [1.807, 2.05) is 0 Å². The summed E-state index contributed by atoms with van der Waals surface area (Å²) in [6.07, 6.45) is -9.26. The Morgan fingerprint density at radius 3 is 1.94 bits per heavy atom. The molecule has 3 saturated heterocycles. The molecule has 4 heterocycles. The fourth-order valence-corrected chi connectivity index (χ4v) is 3.82. The summed E-state index contributed by atoms with van der Waals surface area (Å²) < 4.78 is 10.4. The number of carbonyl (C=O) groups is 2. The molecule has 4 aliphatic heterocycles. The highest BCUT2D eigenvalue weighted by atomic mass is 16.6. The molecule has 0 unspecified atom stereocenters. The highest BCUT2D eigenvalue weighted by Gasteiger charge is 2.49. The molecular formula is C17H31N9O10. The van der Waals surface area contributed by atoms with Crippen molar-refractivity contribution in [3.05, 3.63) is 0 Å². The Kier molecular flexibility index (Phi) is 8.48. The second-order valence-electron chi connectivity index (χ2n) is 8.38. The summed E-state index contributed by atoms with van der Waals surface area (Å²) in [6, 6.07) is -1.32. The predicted molar refractivity (Wildman–Crippen MR) is 116 cm³/mol. The van der Waals surface area contributed by atoms with Crippen molar-refractivity contribution in [2.24, 2.45) is 16.6 Å². The highest BCUT2D eigenvalue weighted by molar-refractivity contribution is 5.96. The summed E-state index contributed by atoms with van der Waals surface area (Å²) in [5.41, 5.74) is 5.36. The van der Waals surface area contributed by atoms with E-state index in [2.05, 4.69) is 10.3 Å². The van der Waals surface area contributed by atoms with Gasteiger partial charge in [-0.1, -0.05) is 0 Å². The van der Waals surface area contributed by atoms with Gasteiger partial charge in [0.1, 0.15) is 43.3 Å². The van der Waals surface area contributed by atoms with Crippen LogP contribution >= 0.6 is 0 Å². The van der Waals surface area contributed by atoms with Crippen LogP contribution < -0.4 is 16.9 Å². The molecule has 12 N–H and O–H groups in total. The summed E-state index contributed by atoms with van der Waals surface area (Å²) >= 11 is 0. The number of aliphatic hydroxyl groups is 6. The SMILES string of the molecule is CN1CN([C@@H]2O[C@H](CO)[C@@H](O)[C@H]2O)C(=O)NC1=N.NC1=NC(=O)N([C@@H]2O[C@H](CO)[C@@H](O)[C@H]2O)CN1N. The predicted octanol–water partition coefficient (Wildman–Crippen LogP) is -6.42. The maximum Gasteiger partial charge on any atom is 0.350 e. The first-order valence-corrected chi connectivity index (χ1v) is 10.7. The number of nitrogens with zero attached hydrogens (tertiary/aromatic N) is 5. The van der Waals surface area contributed by atoms with Crippen LogP contribution in [0.2, 0.25) is 0 Å². The van der Waals surface area contributed by atoms with Gasteiger partial charge in [-0.25, -0.2) is 15.4 Å². The van der Waals surface area contributed by atoms with E-state index in [9.17, 15) is 30.0 Å². The zero-order chi connectivity index (χ0) is 26.9. The first-order chi connectivity index (χ1) is 16.9. The van der Waals surface area contributed by atoms with Gasteiger partial charge in [-0.2, -0.15) is 4.99 Å². The second-order valence-corrected chi connectivity index (χ2v) is 8.38.